The van der Waals surface area contributed by atoms with Gasteiger partial charge in [0.25, 0.3) is 0 Å². The lowest BCUT2D eigenvalue weighted by Crippen LogP contribution is -2.03. The highest BCUT2D eigenvalue weighted by molar-refractivity contribution is 5.80. The first-order valence-electron chi connectivity index (χ1n) is 3.10. The zero-order chi connectivity index (χ0) is 6.85. The minimum Gasteiger partial charge on any atom is -0.264 e. The summed E-state index contributed by atoms with van der Waals surface area (Å²) in [4.78, 5) is 4.00. The van der Waals surface area contributed by atoms with E-state index in [-0.39, 0.29) is 0 Å². The van der Waals surface area contributed by atoms with Gasteiger partial charge in [-0.3, -0.25) is 4.99 Å². The second-order valence-corrected chi connectivity index (χ2v) is 2.45. The summed E-state index contributed by atoms with van der Waals surface area (Å²) >= 11 is 0. The molecule has 0 aromatic carbocycles. The predicted molar refractivity (Wildman–Crippen MR) is 40.6 cm³/mol. The second-order valence-electron chi connectivity index (χ2n) is 2.45. The van der Waals surface area contributed by atoms with Crippen molar-refractivity contribution in [2.75, 3.05) is 0 Å². The first-order chi connectivity index (χ1) is 4.22. The molecule has 1 unspecified atom stereocenters. The molecule has 0 aliphatic carbocycles. The number of allylic oxidation sites excluding steroid dienone is 2. The van der Waals surface area contributed by atoms with E-state index in [0.717, 1.165) is 5.57 Å². The summed E-state index contributed by atoms with van der Waals surface area (Å²) < 4.78 is 0. The minimum absolute atomic E-state index is 0.488. The normalized spacial score (nSPS) is 26.2. The topological polar surface area (TPSA) is 12.4 Å². The first-order valence-corrected chi connectivity index (χ1v) is 3.10. The van der Waals surface area contributed by atoms with E-state index in [9.17, 15) is 0 Å². The van der Waals surface area contributed by atoms with E-state index in [4.69, 9.17) is 0 Å². The largest absolute Gasteiger partial charge is 0.264 e. The van der Waals surface area contributed by atoms with Gasteiger partial charge in [-0.1, -0.05) is 13.5 Å². The third-order valence-corrected chi connectivity index (χ3v) is 1.76. The molecule has 1 atom stereocenters. The van der Waals surface area contributed by atoms with Crippen LogP contribution in [0.15, 0.2) is 28.9 Å². The molecule has 1 nitrogen and oxygen atoms in total. The Morgan fingerprint density at radius 1 is 1.67 bits per heavy atom. The van der Waals surface area contributed by atoms with Gasteiger partial charge in [0.15, 0.2) is 0 Å². The highest BCUT2D eigenvalue weighted by Gasteiger charge is 2.08. The average molecular weight is 121 g/mol. The molecular weight excluding hydrogens is 110 g/mol. The van der Waals surface area contributed by atoms with Crippen molar-refractivity contribution < 1.29 is 0 Å². The van der Waals surface area contributed by atoms with Crippen molar-refractivity contribution in [3.63, 3.8) is 0 Å². The Morgan fingerprint density at radius 3 is 2.78 bits per heavy atom. The number of hydrogen-bond acceptors (Lipinski definition) is 1. The Bertz CT molecular complexity index is 187. The van der Waals surface area contributed by atoms with E-state index in [0.29, 0.717) is 5.92 Å². The molecule has 0 fully saturated rings. The van der Waals surface area contributed by atoms with Gasteiger partial charge in [-0.25, -0.2) is 0 Å². The van der Waals surface area contributed by atoms with Gasteiger partial charge in [-0.15, -0.1) is 0 Å². The summed E-state index contributed by atoms with van der Waals surface area (Å²) in [6, 6.07) is 0. The molecule has 1 aliphatic heterocycles. The van der Waals surface area contributed by atoms with E-state index >= 15 is 0 Å². The molecule has 0 aromatic rings. The molecule has 48 valence electrons. The van der Waals surface area contributed by atoms with Crippen molar-refractivity contribution in [2.45, 2.75) is 13.8 Å². The molecule has 0 bridgehead atoms. The second kappa shape index (κ2) is 2.18. The molecule has 0 amide bonds. The van der Waals surface area contributed by atoms with E-state index in [1.165, 1.54) is 5.57 Å². The molecule has 9 heavy (non-hydrogen) atoms. The van der Waals surface area contributed by atoms with Gasteiger partial charge in [0, 0.05) is 18.3 Å². The monoisotopic (exact) mass is 121 g/mol. The summed E-state index contributed by atoms with van der Waals surface area (Å²) in [6.45, 7) is 8.07. The third kappa shape index (κ3) is 1.10. The smallest absolute Gasteiger partial charge is 0.0299 e. The Morgan fingerprint density at radius 2 is 2.33 bits per heavy atom. The molecule has 0 saturated heterocycles. The number of hydrogen-bond donors (Lipinski definition) is 0. The van der Waals surface area contributed by atoms with Crippen LogP contribution in [0.25, 0.3) is 0 Å². The lowest BCUT2D eigenvalue weighted by molar-refractivity contribution is 0.827. The fourth-order valence-electron chi connectivity index (χ4n) is 0.767. The SMILES string of the molecule is C=C1C=NC=C(C)C1C. The van der Waals surface area contributed by atoms with Crippen molar-refractivity contribution in [3.05, 3.63) is 23.9 Å². The Kier molecular flexibility index (Phi) is 1.52. The minimum atomic E-state index is 0.488. The van der Waals surface area contributed by atoms with Gasteiger partial charge >= 0.3 is 0 Å². The van der Waals surface area contributed by atoms with Crippen LogP contribution in [-0.2, 0) is 0 Å². The summed E-state index contributed by atoms with van der Waals surface area (Å²) in [5.41, 5.74) is 2.40. The standard InChI is InChI=1S/C8H11N/c1-6-4-9-5-7(2)8(6)3/h4-5,8H,1H2,2-3H3. The maximum absolute atomic E-state index is 4.00. The van der Waals surface area contributed by atoms with Crippen molar-refractivity contribution in [1.82, 2.24) is 0 Å². The number of rotatable bonds is 0. The van der Waals surface area contributed by atoms with Crippen LogP contribution in [0.4, 0.5) is 0 Å². The predicted octanol–water partition coefficient (Wildman–Crippen LogP) is 2.17. The van der Waals surface area contributed by atoms with Crippen molar-refractivity contribution >= 4 is 6.21 Å². The zero-order valence-electron chi connectivity index (χ0n) is 5.89. The molecule has 0 radical (unpaired) electrons. The van der Waals surface area contributed by atoms with E-state index in [1.807, 2.05) is 12.4 Å². The van der Waals surface area contributed by atoms with E-state index in [2.05, 4.69) is 25.4 Å². The van der Waals surface area contributed by atoms with Crippen LogP contribution >= 0.6 is 0 Å². The third-order valence-electron chi connectivity index (χ3n) is 1.76. The average Bonchev–Trinajstić information content (AvgIpc) is 1.83. The summed E-state index contributed by atoms with van der Waals surface area (Å²) in [5, 5.41) is 0. The number of aliphatic imine (C=N–C) groups is 1. The first kappa shape index (κ1) is 6.27. The van der Waals surface area contributed by atoms with E-state index in [1.54, 1.807) is 0 Å². The molecule has 1 heterocycles. The molecule has 1 heteroatoms. The quantitative estimate of drug-likeness (QED) is 0.465. The van der Waals surface area contributed by atoms with Gasteiger partial charge in [0.05, 0.1) is 0 Å². The van der Waals surface area contributed by atoms with Gasteiger partial charge in [0.1, 0.15) is 0 Å². The maximum Gasteiger partial charge on any atom is 0.0299 e. The molecule has 0 saturated carbocycles. The van der Waals surface area contributed by atoms with Crippen LogP contribution in [0.5, 0.6) is 0 Å². The Hall–Kier alpha value is -0.850. The summed E-state index contributed by atoms with van der Waals surface area (Å²) in [5.74, 6) is 0.488. The van der Waals surface area contributed by atoms with E-state index < -0.39 is 0 Å². The van der Waals surface area contributed by atoms with Gasteiger partial charge in [-0.05, 0) is 18.1 Å². The van der Waals surface area contributed by atoms with Crippen molar-refractivity contribution in [1.29, 1.82) is 0 Å². The molecular formula is C8H11N. The summed E-state index contributed by atoms with van der Waals surface area (Å²) in [7, 11) is 0. The van der Waals surface area contributed by atoms with Crippen LogP contribution in [-0.4, -0.2) is 6.21 Å². The van der Waals surface area contributed by atoms with Crippen LogP contribution in [0.1, 0.15) is 13.8 Å². The van der Waals surface area contributed by atoms with Gasteiger partial charge in [0.2, 0.25) is 0 Å². The molecule has 1 rings (SSSR count). The fraction of sp³-hybridized carbons (Fsp3) is 0.375. The molecule has 1 aliphatic rings. The van der Waals surface area contributed by atoms with Crippen LogP contribution < -0.4 is 0 Å². The van der Waals surface area contributed by atoms with Crippen molar-refractivity contribution in [2.24, 2.45) is 10.9 Å². The maximum atomic E-state index is 4.00. The van der Waals surface area contributed by atoms with Gasteiger partial charge in [-0.2, -0.15) is 0 Å². The summed E-state index contributed by atoms with van der Waals surface area (Å²) in [6.07, 6.45) is 3.71. The number of nitrogens with zero attached hydrogens (tertiary/aromatic N) is 1. The zero-order valence-corrected chi connectivity index (χ0v) is 5.89. The molecule has 0 aromatic heterocycles. The fourth-order valence-corrected chi connectivity index (χ4v) is 0.767. The Balaban J connectivity index is 2.86. The molecule has 0 spiro atoms. The lowest BCUT2D eigenvalue weighted by atomic mass is 9.95. The van der Waals surface area contributed by atoms with Gasteiger partial charge < -0.3 is 0 Å². The highest BCUT2D eigenvalue weighted by atomic mass is 14.7. The van der Waals surface area contributed by atoms with Crippen LogP contribution in [0.3, 0.4) is 0 Å². The van der Waals surface area contributed by atoms with Crippen molar-refractivity contribution in [3.8, 4) is 0 Å². The van der Waals surface area contributed by atoms with Crippen LogP contribution in [0.2, 0.25) is 0 Å². The Labute approximate surface area is 55.8 Å². The van der Waals surface area contributed by atoms with Crippen LogP contribution in [0, 0.1) is 5.92 Å². The lowest BCUT2D eigenvalue weighted by Gasteiger charge is -2.13. The highest BCUT2D eigenvalue weighted by Crippen LogP contribution is 2.19. The molecule has 0 N–H and O–H groups in total.